The van der Waals surface area contributed by atoms with E-state index in [1.54, 1.807) is 0 Å². The number of aromatic nitrogens is 2. The maximum Gasteiger partial charge on any atom is 0.418 e. The van der Waals surface area contributed by atoms with E-state index >= 15 is 0 Å². The third-order valence-electron chi connectivity index (χ3n) is 3.67. The summed E-state index contributed by atoms with van der Waals surface area (Å²) in [6.45, 7) is 0. The summed E-state index contributed by atoms with van der Waals surface area (Å²) in [4.78, 5) is 18.2. The van der Waals surface area contributed by atoms with Crippen molar-refractivity contribution in [1.29, 1.82) is 0 Å². The molecule has 2 aromatic carbocycles. The summed E-state index contributed by atoms with van der Waals surface area (Å²) in [6.07, 6.45) is -3.75. The normalized spacial score (nSPS) is 11.2. The van der Waals surface area contributed by atoms with Crippen LogP contribution in [0.5, 0.6) is 0 Å². The maximum absolute atomic E-state index is 13.3. The van der Waals surface area contributed by atoms with Crippen molar-refractivity contribution < 1.29 is 22.5 Å². The van der Waals surface area contributed by atoms with E-state index < -0.39 is 39.7 Å². The van der Waals surface area contributed by atoms with Gasteiger partial charge in [-0.05, 0) is 30.3 Å². The summed E-state index contributed by atoms with van der Waals surface area (Å²) >= 11 is 5.68. The molecule has 0 unspecified atom stereocenters. The first kappa shape index (κ1) is 20.3. The van der Waals surface area contributed by atoms with Crippen LogP contribution >= 0.6 is 11.6 Å². The Morgan fingerprint density at radius 2 is 1.69 bits per heavy atom. The number of alkyl halides is 3. The van der Waals surface area contributed by atoms with Gasteiger partial charge in [0.1, 0.15) is 12.1 Å². The summed E-state index contributed by atoms with van der Waals surface area (Å²) in [5.74, 6) is -1.47. The highest BCUT2D eigenvalue weighted by atomic mass is 35.5. The molecule has 0 aliphatic heterocycles. The second-order valence-electron chi connectivity index (χ2n) is 5.60. The molecule has 0 fully saturated rings. The standard InChI is InChI=1S/C17H10ClF4N5O2/c18-11-7-9(5-6-12(11)19)25-15-14(27(28)29)16(24-8-23-15)26-13-4-2-1-3-10(13)17(20,21)22/h1-8H,(H2,23,24,25,26). The second-order valence-corrected chi connectivity index (χ2v) is 6.01. The molecule has 0 saturated heterocycles. The predicted molar refractivity (Wildman–Crippen MR) is 98.1 cm³/mol. The predicted octanol–water partition coefficient (Wildman–Crippen LogP) is 5.68. The molecule has 3 rings (SSSR count). The largest absolute Gasteiger partial charge is 0.418 e. The quantitative estimate of drug-likeness (QED) is 0.309. The van der Waals surface area contributed by atoms with E-state index in [1.165, 1.54) is 24.3 Å². The van der Waals surface area contributed by atoms with Crippen molar-refractivity contribution in [3.8, 4) is 0 Å². The van der Waals surface area contributed by atoms with Gasteiger partial charge >= 0.3 is 11.9 Å². The smallest absolute Gasteiger partial charge is 0.334 e. The Morgan fingerprint density at radius 1 is 1.03 bits per heavy atom. The number of hydrogen-bond donors (Lipinski definition) is 2. The number of anilines is 4. The maximum atomic E-state index is 13.3. The Kier molecular flexibility index (Phi) is 5.50. The lowest BCUT2D eigenvalue weighted by molar-refractivity contribution is -0.383. The van der Waals surface area contributed by atoms with E-state index in [0.717, 1.165) is 24.5 Å². The van der Waals surface area contributed by atoms with Gasteiger partial charge in [0.05, 0.1) is 21.2 Å². The molecule has 150 valence electrons. The van der Waals surface area contributed by atoms with Crippen LogP contribution in [-0.4, -0.2) is 14.9 Å². The fraction of sp³-hybridized carbons (Fsp3) is 0.0588. The van der Waals surface area contributed by atoms with Crippen LogP contribution < -0.4 is 10.6 Å². The molecule has 0 radical (unpaired) electrons. The van der Waals surface area contributed by atoms with E-state index in [1.807, 2.05) is 0 Å². The molecule has 0 aliphatic carbocycles. The molecule has 0 atom stereocenters. The van der Waals surface area contributed by atoms with Crippen molar-refractivity contribution in [2.45, 2.75) is 6.18 Å². The lowest BCUT2D eigenvalue weighted by Gasteiger charge is -2.14. The topological polar surface area (TPSA) is 93.0 Å². The first-order valence-corrected chi connectivity index (χ1v) is 8.19. The summed E-state index contributed by atoms with van der Waals surface area (Å²) in [6, 6.07) is 7.94. The van der Waals surface area contributed by atoms with E-state index in [-0.39, 0.29) is 16.5 Å². The molecule has 12 heteroatoms. The number of halogens is 5. The number of nitrogens with one attached hydrogen (secondary N) is 2. The van der Waals surface area contributed by atoms with Crippen LogP contribution in [0.25, 0.3) is 0 Å². The first-order chi connectivity index (χ1) is 13.7. The van der Waals surface area contributed by atoms with Crippen molar-refractivity contribution in [3.63, 3.8) is 0 Å². The number of benzene rings is 2. The van der Waals surface area contributed by atoms with Crippen LogP contribution in [0.4, 0.5) is 46.3 Å². The highest BCUT2D eigenvalue weighted by Gasteiger charge is 2.34. The van der Waals surface area contributed by atoms with Crippen LogP contribution in [0.15, 0.2) is 48.8 Å². The van der Waals surface area contributed by atoms with Gasteiger partial charge in [0.2, 0.25) is 11.6 Å². The molecule has 1 aromatic heterocycles. The van der Waals surface area contributed by atoms with E-state index in [4.69, 9.17) is 11.6 Å². The molecule has 0 amide bonds. The lowest BCUT2D eigenvalue weighted by atomic mass is 10.1. The van der Waals surface area contributed by atoms with Gasteiger partial charge in [-0.2, -0.15) is 13.2 Å². The van der Waals surface area contributed by atoms with Gasteiger partial charge in [0.15, 0.2) is 0 Å². The average molecular weight is 428 g/mol. The molecule has 0 aliphatic rings. The molecule has 0 spiro atoms. The number of para-hydroxylation sites is 1. The van der Waals surface area contributed by atoms with Gasteiger partial charge in [-0.15, -0.1) is 0 Å². The summed E-state index contributed by atoms with van der Waals surface area (Å²) in [7, 11) is 0. The fourth-order valence-electron chi connectivity index (χ4n) is 2.41. The van der Waals surface area contributed by atoms with Crippen molar-refractivity contribution in [2.24, 2.45) is 0 Å². The third-order valence-corrected chi connectivity index (χ3v) is 3.96. The van der Waals surface area contributed by atoms with Crippen LogP contribution in [0, 0.1) is 15.9 Å². The zero-order valence-electron chi connectivity index (χ0n) is 14.2. The van der Waals surface area contributed by atoms with Crippen LogP contribution in [0.1, 0.15) is 5.56 Å². The Hall–Kier alpha value is -3.47. The molecular formula is C17H10ClF4N5O2. The van der Waals surface area contributed by atoms with Gasteiger partial charge in [0, 0.05) is 5.69 Å². The van der Waals surface area contributed by atoms with E-state index in [9.17, 15) is 27.7 Å². The lowest BCUT2D eigenvalue weighted by Crippen LogP contribution is -2.10. The molecule has 0 bridgehead atoms. The second kappa shape index (κ2) is 7.87. The van der Waals surface area contributed by atoms with E-state index in [2.05, 4.69) is 20.6 Å². The minimum absolute atomic E-state index is 0.180. The van der Waals surface area contributed by atoms with Gasteiger partial charge in [-0.25, -0.2) is 14.4 Å². The van der Waals surface area contributed by atoms with Gasteiger partial charge in [-0.3, -0.25) is 10.1 Å². The summed E-state index contributed by atoms with van der Waals surface area (Å²) in [5, 5.41) is 16.3. The van der Waals surface area contributed by atoms with Crippen molar-refractivity contribution in [2.75, 3.05) is 10.6 Å². The molecule has 1 heterocycles. The Balaban J connectivity index is 2.02. The number of nitro groups is 1. The monoisotopic (exact) mass is 427 g/mol. The molecular weight excluding hydrogens is 418 g/mol. The molecule has 3 aromatic rings. The minimum Gasteiger partial charge on any atom is -0.334 e. The molecule has 2 N–H and O–H groups in total. The van der Waals surface area contributed by atoms with Gasteiger partial charge < -0.3 is 10.6 Å². The zero-order valence-corrected chi connectivity index (χ0v) is 14.9. The van der Waals surface area contributed by atoms with Crippen LogP contribution in [-0.2, 0) is 6.18 Å². The minimum atomic E-state index is -4.68. The number of rotatable bonds is 5. The van der Waals surface area contributed by atoms with E-state index in [0.29, 0.717) is 0 Å². The Labute approximate surface area is 165 Å². The number of nitrogens with zero attached hydrogens (tertiary/aromatic N) is 3. The fourth-order valence-corrected chi connectivity index (χ4v) is 2.59. The highest BCUT2D eigenvalue weighted by Crippen LogP contribution is 2.38. The van der Waals surface area contributed by atoms with Crippen LogP contribution in [0.3, 0.4) is 0 Å². The summed E-state index contributed by atoms with van der Waals surface area (Å²) < 4.78 is 52.8. The average Bonchev–Trinajstić information content (AvgIpc) is 2.64. The molecule has 7 nitrogen and oxygen atoms in total. The summed E-state index contributed by atoms with van der Waals surface area (Å²) in [5.41, 5.74) is -1.96. The highest BCUT2D eigenvalue weighted by molar-refractivity contribution is 6.31. The van der Waals surface area contributed by atoms with Crippen molar-refractivity contribution >= 4 is 40.3 Å². The number of hydrogen-bond acceptors (Lipinski definition) is 6. The third kappa shape index (κ3) is 4.51. The van der Waals surface area contributed by atoms with Crippen molar-refractivity contribution in [3.05, 3.63) is 75.3 Å². The SMILES string of the molecule is O=[N+]([O-])c1c(Nc2ccc(F)c(Cl)c2)ncnc1Nc1ccccc1C(F)(F)F. The zero-order chi connectivity index (χ0) is 21.2. The Bertz CT molecular complexity index is 1080. The molecule has 0 saturated carbocycles. The van der Waals surface area contributed by atoms with Gasteiger partial charge in [0.25, 0.3) is 0 Å². The van der Waals surface area contributed by atoms with Crippen LogP contribution in [0.2, 0.25) is 5.02 Å². The molecule has 29 heavy (non-hydrogen) atoms. The van der Waals surface area contributed by atoms with Crippen molar-refractivity contribution in [1.82, 2.24) is 9.97 Å². The Morgan fingerprint density at radius 3 is 2.31 bits per heavy atom. The first-order valence-electron chi connectivity index (χ1n) is 7.81. The van der Waals surface area contributed by atoms with Gasteiger partial charge in [-0.1, -0.05) is 23.7 Å².